The first kappa shape index (κ1) is 16.0. The molecule has 2 aromatic rings. The Bertz CT molecular complexity index is 755. The molecular weight excluding hydrogens is 316 g/mol. The van der Waals surface area contributed by atoms with Gasteiger partial charge in [-0.25, -0.2) is 9.97 Å². The minimum Gasteiger partial charge on any atom is -0.368 e. The van der Waals surface area contributed by atoms with Crippen molar-refractivity contribution in [2.45, 2.75) is 44.2 Å². The van der Waals surface area contributed by atoms with Crippen LogP contribution in [0.1, 0.15) is 43.0 Å². The van der Waals surface area contributed by atoms with Crippen molar-refractivity contribution in [1.82, 2.24) is 9.97 Å². The molecule has 2 aliphatic rings. The predicted molar refractivity (Wildman–Crippen MR) is 95.4 cm³/mol. The Labute approximate surface area is 147 Å². The van der Waals surface area contributed by atoms with Crippen molar-refractivity contribution in [2.75, 3.05) is 17.2 Å². The molecule has 1 aromatic carbocycles. The molecule has 1 aromatic heterocycles. The lowest BCUT2D eigenvalue weighted by molar-refractivity contribution is -0.124. The zero-order valence-corrected chi connectivity index (χ0v) is 14.1. The summed E-state index contributed by atoms with van der Waals surface area (Å²) in [6, 6.07) is 9.72. The first-order valence-electron chi connectivity index (χ1n) is 8.86. The van der Waals surface area contributed by atoms with Crippen molar-refractivity contribution in [3.8, 4) is 0 Å². The fourth-order valence-electron chi connectivity index (χ4n) is 2.97. The van der Waals surface area contributed by atoms with Gasteiger partial charge in [0, 0.05) is 31.0 Å². The maximum Gasteiger partial charge on any atom is 0.253 e. The van der Waals surface area contributed by atoms with Crippen LogP contribution in [0.15, 0.2) is 36.5 Å². The van der Waals surface area contributed by atoms with E-state index in [-0.39, 0.29) is 12.0 Å². The molecule has 130 valence electrons. The van der Waals surface area contributed by atoms with Gasteiger partial charge in [-0.2, -0.15) is 0 Å². The quantitative estimate of drug-likeness (QED) is 0.846. The number of ether oxygens (including phenoxy) is 1. The van der Waals surface area contributed by atoms with Crippen molar-refractivity contribution in [3.05, 3.63) is 47.9 Å². The SMILES string of the molecule is O=C(Nc1cccc(CNc2ccnc(C3CC3)n2)c1)C1CCCO1. The summed E-state index contributed by atoms with van der Waals surface area (Å²) in [4.78, 5) is 21.0. The normalized spacial score (nSPS) is 19.6. The second-order valence-electron chi connectivity index (χ2n) is 6.62. The summed E-state index contributed by atoms with van der Waals surface area (Å²) in [7, 11) is 0. The highest BCUT2D eigenvalue weighted by molar-refractivity contribution is 5.94. The number of amides is 1. The highest BCUT2D eigenvalue weighted by Gasteiger charge is 2.26. The van der Waals surface area contributed by atoms with Crippen LogP contribution in [0.2, 0.25) is 0 Å². The molecular formula is C19H22N4O2. The van der Waals surface area contributed by atoms with Crippen molar-refractivity contribution in [1.29, 1.82) is 0 Å². The first-order chi connectivity index (χ1) is 12.3. The molecule has 2 fully saturated rings. The summed E-state index contributed by atoms with van der Waals surface area (Å²) in [6.45, 7) is 1.31. The largest absolute Gasteiger partial charge is 0.368 e. The maximum absolute atomic E-state index is 12.1. The molecule has 25 heavy (non-hydrogen) atoms. The van der Waals surface area contributed by atoms with E-state index in [2.05, 4.69) is 20.6 Å². The van der Waals surface area contributed by atoms with Crippen LogP contribution in [0.3, 0.4) is 0 Å². The van der Waals surface area contributed by atoms with Gasteiger partial charge in [0.15, 0.2) is 0 Å². The van der Waals surface area contributed by atoms with Gasteiger partial charge < -0.3 is 15.4 Å². The van der Waals surface area contributed by atoms with Gasteiger partial charge in [-0.15, -0.1) is 0 Å². The Morgan fingerprint density at radius 2 is 2.16 bits per heavy atom. The second-order valence-corrected chi connectivity index (χ2v) is 6.62. The number of nitrogens with zero attached hydrogens (tertiary/aromatic N) is 2. The summed E-state index contributed by atoms with van der Waals surface area (Å²) in [5.74, 6) is 2.25. The van der Waals surface area contributed by atoms with Gasteiger partial charge >= 0.3 is 0 Å². The predicted octanol–water partition coefficient (Wildman–Crippen LogP) is 3.08. The zero-order valence-electron chi connectivity index (χ0n) is 14.1. The fraction of sp³-hybridized carbons (Fsp3) is 0.421. The highest BCUT2D eigenvalue weighted by atomic mass is 16.5. The zero-order chi connectivity index (χ0) is 17.1. The third-order valence-corrected chi connectivity index (χ3v) is 4.51. The van der Waals surface area contributed by atoms with E-state index in [1.807, 2.05) is 30.3 Å². The molecule has 1 saturated carbocycles. The van der Waals surface area contributed by atoms with Gasteiger partial charge in [0.2, 0.25) is 0 Å². The molecule has 1 saturated heterocycles. The molecule has 4 rings (SSSR count). The van der Waals surface area contributed by atoms with Crippen LogP contribution in [-0.4, -0.2) is 28.6 Å². The topological polar surface area (TPSA) is 76.1 Å². The molecule has 1 amide bonds. The summed E-state index contributed by atoms with van der Waals surface area (Å²) in [5, 5.41) is 6.27. The lowest BCUT2D eigenvalue weighted by atomic mass is 10.2. The van der Waals surface area contributed by atoms with E-state index >= 15 is 0 Å². The van der Waals surface area contributed by atoms with E-state index in [9.17, 15) is 4.79 Å². The fourth-order valence-corrected chi connectivity index (χ4v) is 2.97. The first-order valence-corrected chi connectivity index (χ1v) is 8.86. The summed E-state index contributed by atoms with van der Waals surface area (Å²) >= 11 is 0. The molecule has 1 unspecified atom stereocenters. The van der Waals surface area contributed by atoms with E-state index in [0.29, 0.717) is 19.1 Å². The van der Waals surface area contributed by atoms with Crippen LogP contribution in [0.5, 0.6) is 0 Å². The van der Waals surface area contributed by atoms with Gasteiger partial charge in [0.1, 0.15) is 17.7 Å². The van der Waals surface area contributed by atoms with Crippen LogP contribution in [0.4, 0.5) is 11.5 Å². The smallest absolute Gasteiger partial charge is 0.253 e. The van der Waals surface area contributed by atoms with E-state index in [1.165, 1.54) is 12.8 Å². The number of anilines is 2. The summed E-state index contributed by atoms with van der Waals surface area (Å²) in [5.41, 5.74) is 1.87. The van der Waals surface area contributed by atoms with Gasteiger partial charge in [-0.1, -0.05) is 12.1 Å². The van der Waals surface area contributed by atoms with Crippen molar-refractivity contribution in [3.63, 3.8) is 0 Å². The standard InChI is InChI=1S/C19H22N4O2/c24-19(16-5-2-10-25-16)22-15-4-1-3-13(11-15)12-21-17-8-9-20-18(23-17)14-6-7-14/h1,3-4,8-9,11,14,16H,2,5-7,10,12H2,(H,22,24)(H,20,21,23). The van der Waals surface area contributed by atoms with Crippen LogP contribution in [0.25, 0.3) is 0 Å². The van der Waals surface area contributed by atoms with Crippen molar-refractivity contribution >= 4 is 17.4 Å². The molecule has 6 nitrogen and oxygen atoms in total. The Morgan fingerprint density at radius 1 is 1.24 bits per heavy atom. The lowest BCUT2D eigenvalue weighted by Crippen LogP contribution is -2.26. The number of carbonyl (C=O) groups excluding carboxylic acids is 1. The van der Waals surface area contributed by atoms with Gasteiger partial charge in [-0.3, -0.25) is 4.79 Å². The third-order valence-electron chi connectivity index (χ3n) is 4.51. The molecule has 1 atom stereocenters. The van der Waals surface area contributed by atoms with Crippen LogP contribution >= 0.6 is 0 Å². The van der Waals surface area contributed by atoms with Crippen LogP contribution in [0, 0.1) is 0 Å². The van der Waals surface area contributed by atoms with E-state index in [0.717, 1.165) is 35.7 Å². The number of carbonyl (C=O) groups is 1. The Hall–Kier alpha value is -2.47. The average molecular weight is 338 g/mol. The van der Waals surface area contributed by atoms with Crippen molar-refractivity contribution in [2.24, 2.45) is 0 Å². The van der Waals surface area contributed by atoms with Gasteiger partial charge in [0.25, 0.3) is 5.91 Å². The average Bonchev–Trinajstić information content (AvgIpc) is 3.34. The summed E-state index contributed by atoms with van der Waals surface area (Å²) in [6.07, 6.45) is 5.62. The molecule has 6 heteroatoms. The summed E-state index contributed by atoms with van der Waals surface area (Å²) < 4.78 is 5.42. The number of aromatic nitrogens is 2. The number of rotatable bonds is 6. The minimum absolute atomic E-state index is 0.0625. The number of benzene rings is 1. The lowest BCUT2D eigenvalue weighted by Gasteiger charge is -2.12. The molecule has 0 radical (unpaired) electrons. The molecule has 1 aliphatic carbocycles. The highest BCUT2D eigenvalue weighted by Crippen LogP contribution is 2.38. The Kier molecular flexibility index (Phi) is 4.61. The van der Waals surface area contributed by atoms with E-state index in [1.54, 1.807) is 6.20 Å². The Balaban J connectivity index is 1.36. The Morgan fingerprint density at radius 3 is 2.96 bits per heavy atom. The number of nitrogens with one attached hydrogen (secondary N) is 2. The second kappa shape index (κ2) is 7.19. The van der Waals surface area contributed by atoms with Gasteiger partial charge in [0.05, 0.1) is 0 Å². The molecule has 2 heterocycles. The third kappa shape index (κ3) is 4.14. The minimum atomic E-state index is -0.316. The molecule has 1 aliphatic heterocycles. The van der Waals surface area contributed by atoms with Crippen LogP contribution in [-0.2, 0) is 16.1 Å². The molecule has 0 spiro atoms. The van der Waals surface area contributed by atoms with E-state index < -0.39 is 0 Å². The number of hydrogen-bond donors (Lipinski definition) is 2. The number of hydrogen-bond acceptors (Lipinski definition) is 5. The maximum atomic E-state index is 12.1. The monoisotopic (exact) mass is 338 g/mol. The molecule has 2 N–H and O–H groups in total. The van der Waals surface area contributed by atoms with Crippen LogP contribution < -0.4 is 10.6 Å². The van der Waals surface area contributed by atoms with Crippen molar-refractivity contribution < 1.29 is 9.53 Å². The van der Waals surface area contributed by atoms with Gasteiger partial charge in [-0.05, 0) is 49.4 Å². The molecule has 0 bridgehead atoms. The van der Waals surface area contributed by atoms with E-state index in [4.69, 9.17) is 4.74 Å².